The molecule has 0 spiro atoms. The topological polar surface area (TPSA) is 94.2 Å². The first-order valence-corrected chi connectivity index (χ1v) is 10.7. The quantitative estimate of drug-likeness (QED) is 0.665. The lowest BCUT2D eigenvalue weighted by molar-refractivity contribution is 0.0954. The Morgan fingerprint density at radius 1 is 1.00 bits per heavy atom. The Labute approximate surface area is 171 Å². The van der Waals surface area contributed by atoms with Crippen LogP contribution in [0.5, 0.6) is 17.2 Å². The standard InChI is InChI=1S/C20H26N2O6S/c1-22(29(5,24)25)17-13-19(28-4)18(27-3)12-16(17)20(23)21-11-10-14-6-8-15(26-2)9-7-14/h6-9,12-13H,10-11H2,1-5H3,(H,21,23). The number of hydrogen-bond donors (Lipinski definition) is 1. The minimum atomic E-state index is -3.58. The normalized spacial score (nSPS) is 10.9. The highest BCUT2D eigenvalue weighted by atomic mass is 32.2. The van der Waals surface area contributed by atoms with Gasteiger partial charge in [0.2, 0.25) is 10.0 Å². The van der Waals surface area contributed by atoms with Crippen molar-refractivity contribution in [3.8, 4) is 17.2 Å². The van der Waals surface area contributed by atoms with Crippen molar-refractivity contribution in [2.75, 3.05) is 45.5 Å². The van der Waals surface area contributed by atoms with Crippen LogP contribution in [0.2, 0.25) is 0 Å². The Balaban J connectivity index is 2.24. The highest BCUT2D eigenvalue weighted by Gasteiger charge is 2.23. The smallest absolute Gasteiger partial charge is 0.253 e. The number of nitrogens with zero attached hydrogens (tertiary/aromatic N) is 1. The molecule has 158 valence electrons. The van der Waals surface area contributed by atoms with Crippen LogP contribution >= 0.6 is 0 Å². The van der Waals surface area contributed by atoms with Crippen molar-refractivity contribution in [3.05, 3.63) is 47.5 Å². The fourth-order valence-corrected chi connectivity index (χ4v) is 3.21. The first kappa shape index (κ1) is 22.4. The summed E-state index contributed by atoms with van der Waals surface area (Å²) >= 11 is 0. The maximum atomic E-state index is 12.8. The molecule has 2 rings (SSSR count). The molecule has 0 unspecified atom stereocenters. The molecule has 0 radical (unpaired) electrons. The van der Waals surface area contributed by atoms with E-state index in [4.69, 9.17) is 14.2 Å². The van der Waals surface area contributed by atoms with Gasteiger partial charge in [0.25, 0.3) is 5.91 Å². The number of nitrogens with one attached hydrogen (secondary N) is 1. The van der Waals surface area contributed by atoms with Gasteiger partial charge in [-0.15, -0.1) is 0 Å². The molecule has 0 aliphatic carbocycles. The molecular formula is C20H26N2O6S. The second kappa shape index (κ2) is 9.51. The van der Waals surface area contributed by atoms with Gasteiger partial charge < -0.3 is 19.5 Å². The molecule has 0 saturated heterocycles. The van der Waals surface area contributed by atoms with Crippen LogP contribution in [-0.4, -0.2) is 55.5 Å². The fourth-order valence-electron chi connectivity index (χ4n) is 2.70. The lowest BCUT2D eigenvalue weighted by Crippen LogP contribution is -2.31. The first-order chi connectivity index (χ1) is 13.7. The summed E-state index contributed by atoms with van der Waals surface area (Å²) in [5.74, 6) is 1.01. The lowest BCUT2D eigenvalue weighted by Gasteiger charge is -2.22. The van der Waals surface area contributed by atoms with Gasteiger partial charge in [0.15, 0.2) is 11.5 Å². The van der Waals surface area contributed by atoms with E-state index >= 15 is 0 Å². The number of anilines is 1. The van der Waals surface area contributed by atoms with E-state index in [1.54, 1.807) is 7.11 Å². The Kier molecular flexibility index (Phi) is 7.33. The zero-order valence-electron chi connectivity index (χ0n) is 17.2. The van der Waals surface area contributed by atoms with E-state index in [1.165, 1.54) is 33.4 Å². The third-order valence-corrected chi connectivity index (χ3v) is 5.63. The summed E-state index contributed by atoms with van der Waals surface area (Å²) in [6.07, 6.45) is 1.68. The number of carbonyl (C=O) groups excluding carboxylic acids is 1. The number of methoxy groups -OCH3 is 3. The monoisotopic (exact) mass is 422 g/mol. The molecule has 1 amide bonds. The Morgan fingerprint density at radius 2 is 1.59 bits per heavy atom. The van der Waals surface area contributed by atoms with Crippen molar-refractivity contribution >= 4 is 21.6 Å². The summed E-state index contributed by atoms with van der Waals surface area (Å²) in [6.45, 7) is 0.377. The van der Waals surface area contributed by atoms with Gasteiger partial charge >= 0.3 is 0 Å². The third kappa shape index (κ3) is 5.54. The molecule has 2 aromatic rings. The van der Waals surface area contributed by atoms with Crippen LogP contribution in [0.1, 0.15) is 15.9 Å². The Bertz CT molecular complexity index is 958. The minimum Gasteiger partial charge on any atom is -0.497 e. The summed E-state index contributed by atoms with van der Waals surface area (Å²) in [5, 5.41) is 2.82. The van der Waals surface area contributed by atoms with Gasteiger partial charge in [-0.1, -0.05) is 12.1 Å². The molecular weight excluding hydrogens is 396 g/mol. The first-order valence-electron chi connectivity index (χ1n) is 8.82. The van der Waals surface area contributed by atoms with E-state index in [2.05, 4.69) is 5.32 Å². The molecule has 1 N–H and O–H groups in total. The van der Waals surface area contributed by atoms with Crippen molar-refractivity contribution in [3.63, 3.8) is 0 Å². The van der Waals surface area contributed by atoms with Gasteiger partial charge in [-0.25, -0.2) is 8.42 Å². The zero-order valence-corrected chi connectivity index (χ0v) is 18.0. The molecule has 0 heterocycles. The van der Waals surface area contributed by atoms with Crippen molar-refractivity contribution < 1.29 is 27.4 Å². The molecule has 0 bridgehead atoms. The number of carbonyl (C=O) groups is 1. The van der Waals surface area contributed by atoms with Gasteiger partial charge in [-0.05, 0) is 30.2 Å². The summed E-state index contributed by atoms with van der Waals surface area (Å²) in [7, 11) is 2.29. The molecule has 8 nitrogen and oxygen atoms in total. The van der Waals surface area contributed by atoms with E-state index in [0.717, 1.165) is 21.9 Å². The number of benzene rings is 2. The second-order valence-corrected chi connectivity index (χ2v) is 8.32. The van der Waals surface area contributed by atoms with Crippen molar-refractivity contribution in [1.82, 2.24) is 5.32 Å². The average molecular weight is 423 g/mol. The molecule has 0 aliphatic rings. The van der Waals surface area contributed by atoms with Crippen molar-refractivity contribution in [2.24, 2.45) is 0 Å². The van der Waals surface area contributed by atoms with Gasteiger partial charge in [-0.3, -0.25) is 9.10 Å². The van der Waals surface area contributed by atoms with E-state index in [1.807, 2.05) is 24.3 Å². The maximum Gasteiger partial charge on any atom is 0.253 e. The third-order valence-electron chi connectivity index (χ3n) is 4.44. The van der Waals surface area contributed by atoms with E-state index in [9.17, 15) is 13.2 Å². The predicted molar refractivity (Wildman–Crippen MR) is 112 cm³/mol. The van der Waals surface area contributed by atoms with Crippen LogP contribution in [-0.2, 0) is 16.4 Å². The molecule has 0 aliphatic heterocycles. The van der Waals surface area contributed by atoms with Gasteiger partial charge in [0, 0.05) is 19.7 Å². The van der Waals surface area contributed by atoms with Crippen LogP contribution in [0.25, 0.3) is 0 Å². The Morgan fingerprint density at radius 3 is 2.10 bits per heavy atom. The van der Waals surface area contributed by atoms with Gasteiger partial charge in [-0.2, -0.15) is 0 Å². The highest BCUT2D eigenvalue weighted by molar-refractivity contribution is 7.92. The number of ether oxygens (including phenoxy) is 3. The minimum absolute atomic E-state index is 0.172. The molecule has 0 atom stereocenters. The SMILES string of the molecule is COc1ccc(CCNC(=O)c2cc(OC)c(OC)cc2N(C)S(C)(=O)=O)cc1. The van der Waals surface area contributed by atoms with Crippen LogP contribution < -0.4 is 23.8 Å². The predicted octanol–water partition coefficient (Wildman–Crippen LogP) is 2.08. The zero-order chi connectivity index (χ0) is 21.6. The van der Waals surface area contributed by atoms with Crippen molar-refractivity contribution in [2.45, 2.75) is 6.42 Å². The molecule has 2 aromatic carbocycles. The lowest BCUT2D eigenvalue weighted by atomic mass is 10.1. The number of amides is 1. The van der Waals surface area contributed by atoms with Crippen LogP contribution in [0, 0.1) is 0 Å². The van der Waals surface area contributed by atoms with Gasteiger partial charge in [0.1, 0.15) is 5.75 Å². The highest BCUT2D eigenvalue weighted by Crippen LogP contribution is 2.35. The fraction of sp³-hybridized carbons (Fsp3) is 0.350. The maximum absolute atomic E-state index is 12.8. The molecule has 0 aromatic heterocycles. The molecule has 29 heavy (non-hydrogen) atoms. The summed E-state index contributed by atoms with van der Waals surface area (Å²) < 4.78 is 40.7. The second-order valence-electron chi connectivity index (χ2n) is 6.31. The van der Waals surface area contributed by atoms with Crippen LogP contribution in [0.15, 0.2) is 36.4 Å². The number of sulfonamides is 1. The molecule has 0 fully saturated rings. The summed E-state index contributed by atoms with van der Waals surface area (Å²) in [6, 6.07) is 10.5. The average Bonchev–Trinajstić information content (AvgIpc) is 2.71. The number of hydrogen-bond acceptors (Lipinski definition) is 6. The largest absolute Gasteiger partial charge is 0.497 e. The van der Waals surface area contributed by atoms with E-state index in [0.29, 0.717) is 24.5 Å². The summed E-state index contributed by atoms with van der Waals surface area (Å²) in [5.41, 5.74) is 1.41. The molecule has 9 heteroatoms. The molecule has 0 saturated carbocycles. The Hall–Kier alpha value is -2.94. The summed E-state index contributed by atoms with van der Waals surface area (Å²) in [4.78, 5) is 12.8. The number of rotatable bonds is 9. The van der Waals surface area contributed by atoms with Crippen molar-refractivity contribution in [1.29, 1.82) is 0 Å². The van der Waals surface area contributed by atoms with Gasteiger partial charge in [0.05, 0.1) is 38.8 Å². The van der Waals surface area contributed by atoms with E-state index < -0.39 is 15.9 Å². The van der Waals surface area contributed by atoms with Crippen LogP contribution in [0.4, 0.5) is 5.69 Å². The van der Waals surface area contributed by atoms with Crippen LogP contribution in [0.3, 0.4) is 0 Å². The van der Waals surface area contributed by atoms with E-state index in [-0.39, 0.29) is 11.3 Å².